The van der Waals surface area contributed by atoms with E-state index in [1.807, 2.05) is 0 Å². The first-order valence-corrected chi connectivity index (χ1v) is 15.5. The van der Waals surface area contributed by atoms with Crippen LogP contribution in [0.1, 0.15) is 40.1 Å². The molecule has 3 aliphatic rings. The summed E-state index contributed by atoms with van der Waals surface area (Å²) in [5.41, 5.74) is 11.7. The van der Waals surface area contributed by atoms with Crippen molar-refractivity contribution in [3.05, 3.63) is 161 Å². The summed E-state index contributed by atoms with van der Waals surface area (Å²) in [5.74, 6) is 1.81. The van der Waals surface area contributed by atoms with Gasteiger partial charge in [0, 0.05) is 16.7 Å². The smallest absolute Gasteiger partial charge is 0.148 e. The van der Waals surface area contributed by atoms with Crippen LogP contribution in [0.2, 0.25) is 0 Å². The molecule has 0 saturated carbocycles. The second-order valence-corrected chi connectivity index (χ2v) is 12.3. The van der Waals surface area contributed by atoms with Crippen molar-refractivity contribution in [2.75, 3.05) is 0 Å². The van der Waals surface area contributed by atoms with Gasteiger partial charge >= 0.3 is 0 Å². The zero-order valence-electron chi connectivity index (χ0n) is 23.3. The zero-order valence-corrected chi connectivity index (χ0v) is 24.1. The normalized spacial score (nSPS) is 15.2. The second kappa shape index (κ2) is 9.48. The van der Waals surface area contributed by atoms with Gasteiger partial charge in [-0.15, -0.1) is 10.2 Å². The van der Waals surface area contributed by atoms with E-state index in [1.165, 1.54) is 39.0 Å². The van der Waals surface area contributed by atoms with Gasteiger partial charge in [0.1, 0.15) is 21.5 Å². The summed E-state index contributed by atoms with van der Waals surface area (Å²) in [7, 11) is 0. The summed E-state index contributed by atoms with van der Waals surface area (Å²) in [4.78, 5) is 0. The molecule has 2 aliphatic carbocycles. The number of ether oxygens (including phenoxy) is 1. The number of nitrogens with zero attached hydrogens (tertiary/aromatic N) is 2. The molecule has 6 aromatic rings. The lowest BCUT2D eigenvalue weighted by atomic mass is 9.66. The molecular weight excluding hydrogens is 545 g/mol. The molecule has 0 amide bonds. The van der Waals surface area contributed by atoms with E-state index < -0.39 is 5.41 Å². The van der Waals surface area contributed by atoms with Gasteiger partial charge in [-0.2, -0.15) is 0 Å². The Labute approximate surface area is 254 Å². The first-order valence-electron chi connectivity index (χ1n) is 14.7. The summed E-state index contributed by atoms with van der Waals surface area (Å²) in [6.45, 7) is 0. The van der Waals surface area contributed by atoms with Gasteiger partial charge in [0.15, 0.2) is 0 Å². The summed E-state index contributed by atoms with van der Waals surface area (Å²) in [6.07, 6.45) is 8.54. The highest BCUT2D eigenvalue weighted by molar-refractivity contribution is 7.15. The van der Waals surface area contributed by atoms with Gasteiger partial charge in [0.25, 0.3) is 0 Å². The Hall–Kier alpha value is -5.06. The van der Waals surface area contributed by atoms with Gasteiger partial charge in [-0.05, 0) is 63.9 Å². The highest BCUT2D eigenvalue weighted by Gasteiger charge is 2.50. The second-order valence-electron chi connectivity index (χ2n) is 11.3. The Balaban J connectivity index is 1.14. The summed E-state index contributed by atoms with van der Waals surface area (Å²) in [5, 5.41) is 10.9. The van der Waals surface area contributed by atoms with Gasteiger partial charge < -0.3 is 4.74 Å². The quantitative estimate of drug-likeness (QED) is 0.212. The Kier molecular flexibility index (Phi) is 5.41. The van der Waals surface area contributed by atoms with Crippen molar-refractivity contribution < 1.29 is 4.74 Å². The van der Waals surface area contributed by atoms with Crippen LogP contribution in [0.5, 0.6) is 11.5 Å². The third kappa shape index (κ3) is 3.60. The minimum absolute atomic E-state index is 0.432. The minimum Gasteiger partial charge on any atom is -0.457 e. The number of hydrogen-bond donors (Lipinski definition) is 0. The molecule has 3 nitrogen and oxygen atoms in total. The molecule has 1 spiro atoms. The average Bonchev–Trinajstić information content (AvgIpc) is 3.68. The van der Waals surface area contributed by atoms with E-state index in [4.69, 9.17) is 4.74 Å². The summed E-state index contributed by atoms with van der Waals surface area (Å²) >= 11 is 1.66. The topological polar surface area (TPSA) is 35.0 Å². The number of para-hydroxylation sites is 1. The molecule has 0 radical (unpaired) electrons. The molecular formula is C39H26N2OS. The first-order chi connectivity index (χ1) is 21.3. The molecule has 0 unspecified atom stereocenters. The molecule has 5 aromatic carbocycles. The van der Waals surface area contributed by atoms with Gasteiger partial charge in [0.2, 0.25) is 0 Å². The largest absolute Gasteiger partial charge is 0.457 e. The van der Waals surface area contributed by atoms with Crippen LogP contribution in [0.15, 0.2) is 133 Å². The van der Waals surface area contributed by atoms with E-state index in [0.29, 0.717) is 0 Å². The van der Waals surface area contributed by atoms with E-state index in [2.05, 4.69) is 144 Å². The maximum atomic E-state index is 6.68. The highest BCUT2D eigenvalue weighted by Crippen LogP contribution is 2.62. The predicted molar refractivity (Wildman–Crippen MR) is 175 cm³/mol. The van der Waals surface area contributed by atoms with Crippen LogP contribution in [0.4, 0.5) is 0 Å². The number of hydrogen-bond acceptors (Lipinski definition) is 4. The molecule has 2 heterocycles. The van der Waals surface area contributed by atoms with E-state index in [-0.39, 0.29) is 0 Å². The molecule has 0 saturated heterocycles. The van der Waals surface area contributed by atoms with Gasteiger partial charge in [-0.25, -0.2) is 0 Å². The number of benzene rings is 5. The van der Waals surface area contributed by atoms with Crippen molar-refractivity contribution in [1.29, 1.82) is 0 Å². The van der Waals surface area contributed by atoms with Crippen LogP contribution in [0.3, 0.4) is 0 Å². The number of rotatable bonds is 3. The molecule has 1 aliphatic heterocycles. The lowest BCUT2D eigenvalue weighted by molar-refractivity contribution is 0.436. The Morgan fingerprint density at radius 1 is 0.581 bits per heavy atom. The van der Waals surface area contributed by atoms with Crippen molar-refractivity contribution in [3.63, 3.8) is 0 Å². The Bertz CT molecular complexity index is 2070. The SMILES string of the molecule is C1=CCCC(c2nnc(-c3ccc(-c4ccc5c(c4)Oc4ccccc4C54c5ccccc5-c5ccccc54)cc3)s2)=C1. The molecule has 0 bridgehead atoms. The van der Waals surface area contributed by atoms with Crippen LogP contribution in [-0.2, 0) is 5.41 Å². The molecule has 0 atom stereocenters. The molecule has 4 heteroatoms. The zero-order chi connectivity index (χ0) is 28.4. The molecule has 204 valence electrons. The van der Waals surface area contributed by atoms with Crippen molar-refractivity contribution in [2.24, 2.45) is 0 Å². The lowest BCUT2D eigenvalue weighted by Gasteiger charge is -2.39. The minimum atomic E-state index is -0.432. The van der Waals surface area contributed by atoms with Crippen LogP contribution in [0, 0.1) is 0 Å². The third-order valence-electron chi connectivity index (χ3n) is 9.03. The van der Waals surface area contributed by atoms with Crippen LogP contribution < -0.4 is 4.74 Å². The first kappa shape index (κ1) is 24.5. The van der Waals surface area contributed by atoms with E-state index >= 15 is 0 Å². The summed E-state index contributed by atoms with van der Waals surface area (Å²) < 4.78 is 6.68. The predicted octanol–water partition coefficient (Wildman–Crippen LogP) is 10.1. The maximum Gasteiger partial charge on any atom is 0.148 e. The average molecular weight is 571 g/mol. The van der Waals surface area contributed by atoms with E-state index in [9.17, 15) is 0 Å². The van der Waals surface area contributed by atoms with Crippen LogP contribution >= 0.6 is 11.3 Å². The Morgan fingerprint density at radius 2 is 1.21 bits per heavy atom. The molecule has 1 aromatic heterocycles. The van der Waals surface area contributed by atoms with E-state index in [1.54, 1.807) is 11.3 Å². The fourth-order valence-corrected chi connectivity index (χ4v) is 8.00. The standard InChI is InChI=1S/C39H26N2OS/c1-2-10-26(11-3-1)37-40-41-38(43-37)27-20-18-25(19-21-27)28-22-23-34-36(24-28)42-35-17-9-8-16-33(35)39(34)31-14-6-4-12-29(31)30-13-5-7-15-32(30)39/h1-2,4-10,12-24H,3,11H2. The van der Waals surface area contributed by atoms with Crippen LogP contribution in [-0.4, -0.2) is 10.2 Å². The van der Waals surface area contributed by atoms with Crippen LogP contribution in [0.25, 0.3) is 38.4 Å². The van der Waals surface area contributed by atoms with Crippen molar-refractivity contribution in [2.45, 2.75) is 18.3 Å². The number of fused-ring (bicyclic) bond motifs is 9. The Morgan fingerprint density at radius 3 is 1.95 bits per heavy atom. The third-order valence-corrected chi connectivity index (χ3v) is 10.1. The highest BCUT2D eigenvalue weighted by atomic mass is 32.1. The van der Waals surface area contributed by atoms with Gasteiger partial charge in [-0.1, -0.05) is 133 Å². The molecule has 0 N–H and O–H groups in total. The monoisotopic (exact) mass is 570 g/mol. The molecule has 0 fully saturated rings. The van der Waals surface area contributed by atoms with Gasteiger partial charge in [0.05, 0.1) is 5.41 Å². The van der Waals surface area contributed by atoms with Crippen molar-refractivity contribution in [3.8, 4) is 44.3 Å². The lowest BCUT2D eigenvalue weighted by Crippen LogP contribution is -2.32. The molecule has 9 rings (SSSR count). The summed E-state index contributed by atoms with van der Waals surface area (Å²) in [6, 6.07) is 41.5. The fraction of sp³-hybridized carbons (Fsp3) is 0.0769. The van der Waals surface area contributed by atoms with Gasteiger partial charge in [-0.3, -0.25) is 0 Å². The molecule has 43 heavy (non-hydrogen) atoms. The van der Waals surface area contributed by atoms with Crippen molar-refractivity contribution >= 4 is 16.9 Å². The van der Waals surface area contributed by atoms with Crippen molar-refractivity contribution in [1.82, 2.24) is 10.2 Å². The fourth-order valence-electron chi connectivity index (χ4n) is 7.10. The number of aromatic nitrogens is 2. The maximum absolute atomic E-state index is 6.68. The number of allylic oxidation sites excluding steroid dienone is 4. The van der Waals surface area contributed by atoms with E-state index in [0.717, 1.165) is 51.0 Å².